The van der Waals surface area contributed by atoms with Crippen molar-refractivity contribution in [1.82, 2.24) is 9.62 Å². The monoisotopic (exact) mass is 371 g/mol. The molecule has 1 amide bonds. The first-order valence-corrected chi connectivity index (χ1v) is 9.64. The van der Waals surface area contributed by atoms with Crippen LogP contribution in [-0.4, -0.2) is 65.1 Å². The lowest BCUT2D eigenvalue weighted by atomic mass is 10.1. The number of carbonyl (C=O) groups is 1. The molecule has 9 heteroatoms. The Morgan fingerprint density at radius 1 is 1.36 bits per heavy atom. The SMILES string of the molecule is COc1ccc(CC(=O)NCCCN)cc1S(=O)(=O)N1CCOCC1. The lowest BCUT2D eigenvalue weighted by molar-refractivity contribution is -0.120. The van der Waals surface area contributed by atoms with Gasteiger partial charge in [-0.25, -0.2) is 8.42 Å². The summed E-state index contributed by atoms with van der Waals surface area (Å²) < 4.78 is 37.6. The van der Waals surface area contributed by atoms with E-state index >= 15 is 0 Å². The zero-order chi connectivity index (χ0) is 18.3. The van der Waals surface area contributed by atoms with E-state index in [0.29, 0.717) is 51.4 Å². The molecular weight excluding hydrogens is 346 g/mol. The summed E-state index contributed by atoms with van der Waals surface area (Å²) in [6, 6.07) is 4.78. The van der Waals surface area contributed by atoms with Crippen LogP contribution < -0.4 is 15.8 Å². The maximum Gasteiger partial charge on any atom is 0.246 e. The molecule has 1 fully saturated rings. The average Bonchev–Trinajstić information content (AvgIpc) is 2.62. The largest absolute Gasteiger partial charge is 0.495 e. The van der Waals surface area contributed by atoms with Crippen molar-refractivity contribution in [3.63, 3.8) is 0 Å². The van der Waals surface area contributed by atoms with E-state index in [-0.39, 0.29) is 23.0 Å². The van der Waals surface area contributed by atoms with Gasteiger partial charge in [0.1, 0.15) is 10.6 Å². The zero-order valence-corrected chi connectivity index (χ0v) is 15.2. The second kappa shape index (κ2) is 9.14. The lowest BCUT2D eigenvalue weighted by Gasteiger charge is -2.26. The Kier molecular flexibility index (Phi) is 7.18. The molecule has 140 valence electrons. The second-order valence-electron chi connectivity index (χ2n) is 5.67. The number of morpholine rings is 1. The quantitative estimate of drug-likeness (QED) is 0.608. The van der Waals surface area contributed by atoms with E-state index in [0.717, 1.165) is 0 Å². The summed E-state index contributed by atoms with van der Waals surface area (Å²) in [5.74, 6) is 0.0899. The van der Waals surface area contributed by atoms with Gasteiger partial charge >= 0.3 is 0 Å². The van der Waals surface area contributed by atoms with Gasteiger partial charge in [-0.15, -0.1) is 0 Å². The lowest BCUT2D eigenvalue weighted by Crippen LogP contribution is -2.40. The maximum atomic E-state index is 12.9. The molecule has 0 atom stereocenters. The Bertz CT molecular complexity index is 687. The first kappa shape index (κ1) is 19.6. The molecule has 0 saturated carbocycles. The standard InChI is InChI=1S/C16H25N3O5S/c1-23-14-4-3-13(12-16(20)18-6-2-5-17)11-15(14)25(21,22)19-7-9-24-10-8-19/h3-4,11H,2,5-10,12,17H2,1H3,(H,18,20). The molecule has 1 aliphatic heterocycles. The summed E-state index contributed by atoms with van der Waals surface area (Å²) >= 11 is 0. The molecule has 1 saturated heterocycles. The van der Waals surface area contributed by atoms with Crippen LogP contribution in [0.2, 0.25) is 0 Å². The molecule has 0 unspecified atom stereocenters. The fourth-order valence-electron chi connectivity index (χ4n) is 2.54. The van der Waals surface area contributed by atoms with E-state index < -0.39 is 10.0 Å². The third-order valence-electron chi connectivity index (χ3n) is 3.88. The maximum absolute atomic E-state index is 12.9. The number of sulfonamides is 1. The number of rotatable bonds is 8. The van der Waals surface area contributed by atoms with Crippen LogP contribution in [0.3, 0.4) is 0 Å². The van der Waals surface area contributed by atoms with Gasteiger partial charge in [-0.05, 0) is 30.7 Å². The number of nitrogens with two attached hydrogens (primary N) is 1. The van der Waals surface area contributed by atoms with Crippen LogP contribution in [0.1, 0.15) is 12.0 Å². The topological polar surface area (TPSA) is 111 Å². The Labute approximate surface area is 148 Å². The van der Waals surface area contributed by atoms with Crippen LogP contribution >= 0.6 is 0 Å². The van der Waals surface area contributed by atoms with Crippen molar-refractivity contribution in [3.8, 4) is 5.75 Å². The minimum atomic E-state index is -3.70. The van der Waals surface area contributed by atoms with E-state index in [4.69, 9.17) is 15.2 Å². The number of nitrogens with one attached hydrogen (secondary N) is 1. The Hall–Kier alpha value is -1.68. The number of ether oxygens (including phenoxy) is 2. The predicted molar refractivity (Wildman–Crippen MR) is 93.0 cm³/mol. The van der Waals surface area contributed by atoms with Gasteiger partial charge in [-0.2, -0.15) is 4.31 Å². The average molecular weight is 371 g/mol. The summed E-state index contributed by atoms with van der Waals surface area (Å²) in [4.78, 5) is 12.0. The Balaban J connectivity index is 2.20. The highest BCUT2D eigenvalue weighted by Gasteiger charge is 2.29. The summed E-state index contributed by atoms with van der Waals surface area (Å²) in [5.41, 5.74) is 6.00. The Morgan fingerprint density at radius 2 is 2.08 bits per heavy atom. The van der Waals surface area contributed by atoms with Gasteiger partial charge < -0.3 is 20.5 Å². The number of hydrogen-bond donors (Lipinski definition) is 2. The second-order valence-corrected chi connectivity index (χ2v) is 7.58. The first-order valence-electron chi connectivity index (χ1n) is 8.20. The molecule has 0 bridgehead atoms. The fourth-order valence-corrected chi connectivity index (χ4v) is 4.15. The molecule has 1 aliphatic rings. The van der Waals surface area contributed by atoms with Gasteiger partial charge in [-0.1, -0.05) is 6.07 Å². The molecule has 0 radical (unpaired) electrons. The molecule has 1 heterocycles. The highest BCUT2D eigenvalue weighted by molar-refractivity contribution is 7.89. The summed E-state index contributed by atoms with van der Waals surface area (Å²) in [6.45, 7) is 2.34. The molecule has 3 N–H and O–H groups in total. The number of amides is 1. The van der Waals surface area contributed by atoms with Crippen molar-refractivity contribution in [3.05, 3.63) is 23.8 Å². The number of hydrogen-bond acceptors (Lipinski definition) is 6. The van der Waals surface area contributed by atoms with E-state index in [2.05, 4.69) is 5.32 Å². The summed E-state index contributed by atoms with van der Waals surface area (Å²) in [5, 5.41) is 2.76. The smallest absolute Gasteiger partial charge is 0.246 e. The van der Waals surface area contributed by atoms with Gasteiger partial charge in [0, 0.05) is 19.6 Å². The molecule has 0 aromatic heterocycles. The highest BCUT2D eigenvalue weighted by Crippen LogP contribution is 2.28. The molecule has 1 aromatic carbocycles. The molecular formula is C16H25N3O5S. The van der Waals surface area contributed by atoms with Gasteiger partial charge in [0.15, 0.2) is 0 Å². The van der Waals surface area contributed by atoms with Crippen LogP contribution in [0, 0.1) is 0 Å². The van der Waals surface area contributed by atoms with Crippen molar-refractivity contribution >= 4 is 15.9 Å². The van der Waals surface area contributed by atoms with Crippen molar-refractivity contribution in [2.45, 2.75) is 17.7 Å². The minimum absolute atomic E-state index is 0.0733. The van der Waals surface area contributed by atoms with Gasteiger partial charge in [0.2, 0.25) is 15.9 Å². The van der Waals surface area contributed by atoms with Crippen LogP contribution in [0.5, 0.6) is 5.75 Å². The van der Waals surface area contributed by atoms with Crippen LogP contribution in [0.25, 0.3) is 0 Å². The number of nitrogens with zero attached hydrogens (tertiary/aromatic N) is 1. The van der Waals surface area contributed by atoms with Crippen LogP contribution in [-0.2, 0) is 26.0 Å². The minimum Gasteiger partial charge on any atom is -0.495 e. The fraction of sp³-hybridized carbons (Fsp3) is 0.562. The van der Waals surface area contributed by atoms with E-state index in [1.807, 2.05) is 0 Å². The van der Waals surface area contributed by atoms with Crippen molar-refractivity contribution in [2.24, 2.45) is 5.73 Å². The van der Waals surface area contributed by atoms with Crippen molar-refractivity contribution < 1.29 is 22.7 Å². The van der Waals surface area contributed by atoms with Crippen LogP contribution in [0.15, 0.2) is 23.1 Å². The molecule has 25 heavy (non-hydrogen) atoms. The normalized spacial score (nSPS) is 15.8. The molecule has 0 spiro atoms. The van der Waals surface area contributed by atoms with Crippen molar-refractivity contribution in [2.75, 3.05) is 46.5 Å². The van der Waals surface area contributed by atoms with E-state index in [9.17, 15) is 13.2 Å². The van der Waals surface area contributed by atoms with E-state index in [1.165, 1.54) is 17.5 Å². The number of benzene rings is 1. The third kappa shape index (κ3) is 5.15. The summed E-state index contributed by atoms with van der Waals surface area (Å²) in [7, 11) is -2.28. The first-order chi connectivity index (χ1) is 12.0. The molecule has 0 aliphatic carbocycles. The highest BCUT2D eigenvalue weighted by atomic mass is 32.2. The third-order valence-corrected chi connectivity index (χ3v) is 5.80. The number of carbonyl (C=O) groups excluding carboxylic acids is 1. The van der Waals surface area contributed by atoms with Crippen molar-refractivity contribution in [1.29, 1.82) is 0 Å². The predicted octanol–water partition coefficient (Wildman–Crippen LogP) is -0.276. The molecule has 2 rings (SSSR count). The van der Waals surface area contributed by atoms with Crippen LogP contribution in [0.4, 0.5) is 0 Å². The van der Waals surface area contributed by atoms with E-state index in [1.54, 1.807) is 12.1 Å². The van der Waals surface area contributed by atoms with Gasteiger partial charge in [0.05, 0.1) is 26.7 Å². The molecule has 1 aromatic rings. The van der Waals surface area contributed by atoms with Gasteiger partial charge in [-0.3, -0.25) is 4.79 Å². The van der Waals surface area contributed by atoms with Gasteiger partial charge in [0.25, 0.3) is 0 Å². The Morgan fingerprint density at radius 3 is 2.72 bits per heavy atom. The number of methoxy groups -OCH3 is 1. The summed E-state index contributed by atoms with van der Waals surface area (Å²) in [6.07, 6.45) is 0.797. The zero-order valence-electron chi connectivity index (χ0n) is 14.4. The molecule has 8 nitrogen and oxygen atoms in total.